The molecule has 102 valence electrons. The van der Waals surface area contributed by atoms with E-state index in [9.17, 15) is 0 Å². The Hall–Kier alpha value is -1.58. The number of rotatable bonds is 7. The van der Waals surface area contributed by atoms with Gasteiger partial charge in [0.1, 0.15) is 6.10 Å². The molecule has 1 aromatic carbocycles. The van der Waals surface area contributed by atoms with Crippen molar-refractivity contribution >= 4 is 0 Å². The monoisotopic (exact) mass is 259 g/mol. The molecule has 19 heavy (non-hydrogen) atoms. The van der Waals surface area contributed by atoms with Crippen molar-refractivity contribution in [2.75, 3.05) is 13.7 Å². The minimum Gasteiger partial charge on any atom is -0.472 e. The van der Waals surface area contributed by atoms with Gasteiger partial charge in [-0.05, 0) is 24.6 Å². The maximum atomic E-state index is 5.72. The zero-order valence-corrected chi connectivity index (χ0v) is 11.5. The van der Waals surface area contributed by atoms with E-state index in [4.69, 9.17) is 9.15 Å². The van der Waals surface area contributed by atoms with Crippen molar-refractivity contribution in [3.63, 3.8) is 0 Å². The number of methoxy groups -OCH3 is 1. The van der Waals surface area contributed by atoms with Crippen LogP contribution in [0, 0.1) is 0 Å². The van der Waals surface area contributed by atoms with Crippen LogP contribution in [0.25, 0.3) is 0 Å². The fourth-order valence-corrected chi connectivity index (χ4v) is 2.26. The third-order valence-electron chi connectivity index (χ3n) is 3.20. The smallest absolute Gasteiger partial charge is 0.102 e. The van der Waals surface area contributed by atoms with Gasteiger partial charge in [-0.2, -0.15) is 0 Å². The van der Waals surface area contributed by atoms with E-state index in [1.807, 2.05) is 24.3 Å². The first-order valence-electron chi connectivity index (χ1n) is 6.70. The van der Waals surface area contributed by atoms with Crippen molar-refractivity contribution in [3.8, 4) is 0 Å². The Bertz CT molecular complexity index is 453. The van der Waals surface area contributed by atoms with Gasteiger partial charge < -0.3 is 14.5 Å². The number of benzene rings is 1. The maximum absolute atomic E-state index is 5.72. The number of nitrogens with one attached hydrogen (secondary N) is 1. The lowest BCUT2D eigenvalue weighted by atomic mass is 9.97. The maximum Gasteiger partial charge on any atom is 0.102 e. The second kappa shape index (κ2) is 7.12. The molecule has 3 heteroatoms. The largest absolute Gasteiger partial charge is 0.472 e. The molecule has 1 heterocycles. The predicted octanol–water partition coefficient (Wildman–Crippen LogP) is 3.71. The molecule has 0 bridgehead atoms. The second-order valence-corrected chi connectivity index (χ2v) is 4.56. The van der Waals surface area contributed by atoms with Crippen LogP contribution >= 0.6 is 0 Å². The van der Waals surface area contributed by atoms with Crippen molar-refractivity contribution in [2.24, 2.45) is 0 Å². The molecule has 2 rings (SSSR count). The highest BCUT2D eigenvalue weighted by Crippen LogP contribution is 2.31. The van der Waals surface area contributed by atoms with E-state index in [1.165, 1.54) is 5.56 Å². The van der Waals surface area contributed by atoms with Crippen molar-refractivity contribution in [2.45, 2.75) is 25.5 Å². The normalized spacial score (nSPS) is 14.2. The van der Waals surface area contributed by atoms with Crippen LogP contribution in [-0.2, 0) is 4.74 Å². The summed E-state index contributed by atoms with van der Waals surface area (Å²) in [7, 11) is 1.75. The van der Waals surface area contributed by atoms with Gasteiger partial charge in [0.25, 0.3) is 0 Å². The van der Waals surface area contributed by atoms with E-state index in [2.05, 4.69) is 24.4 Å². The number of furan rings is 1. The fraction of sp³-hybridized carbons (Fsp3) is 0.375. The van der Waals surface area contributed by atoms with E-state index in [-0.39, 0.29) is 12.1 Å². The summed E-state index contributed by atoms with van der Waals surface area (Å²) >= 11 is 0. The molecule has 1 N–H and O–H groups in total. The van der Waals surface area contributed by atoms with Crippen LogP contribution in [0.4, 0.5) is 0 Å². The Morgan fingerprint density at radius 1 is 1.16 bits per heavy atom. The van der Waals surface area contributed by atoms with Gasteiger partial charge in [0, 0.05) is 12.7 Å². The minimum absolute atomic E-state index is 0.0228. The Balaban J connectivity index is 2.25. The molecule has 3 nitrogen and oxygen atoms in total. The SMILES string of the molecule is CCCNC(c1ccoc1)C(OC)c1ccccc1. The molecule has 2 atom stereocenters. The van der Waals surface area contributed by atoms with Crippen molar-refractivity contribution in [3.05, 3.63) is 60.1 Å². The van der Waals surface area contributed by atoms with E-state index in [0.717, 1.165) is 18.5 Å². The number of hydrogen-bond acceptors (Lipinski definition) is 3. The van der Waals surface area contributed by atoms with Crippen LogP contribution < -0.4 is 5.32 Å². The van der Waals surface area contributed by atoms with Gasteiger partial charge in [-0.3, -0.25) is 0 Å². The number of hydrogen-bond donors (Lipinski definition) is 1. The summed E-state index contributed by atoms with van der Waals surface area (Å²) in [5.74, 6) is 0. The summed E-state index contributed by atoms with van der Waals surface area (Å²) < 4.78 is 10.9. The summed E-state index contributed by atoms with van der Waals surface area (Å²) in [6, 6.07) is 12.4. The first-order chi connectivity index (χ1) is 9.36. The standard InChI is InChI=1S/C16H21NO2/c1-3-10-17-15(14-9-11-19-12-14)16(18-2)13-7-5-4-6-8-13/h4-9,11-12,15-17H,3,10H2,1-2H3. The molecule has 0 saturated heterocycles. The molecule has 0 aliphatic carbocycles. The highest BCUT2D eigenvalue weighted by molar-refractivity contribution is 5.24. The molecule has 0 spiro atoms. The van der Waals surface area contributed by atoms with Crippen LogP contribution in [-0.4, -0.2) is 13.7 Å². The van der Waals surface area contributed by atoms with E-state index >= 15 is 0 Å². The fourth-order valence-electron chi connectivity index (χ4n) is 2.26. The number of ether oxygens (including phenoxy) is 1. The van der Waals surface area contributed by atoms with Gasteiger partial charge in [0.05, 0.1) is 18.6 Å². The minimum atomic E-state index is -0.0228. The van der Waals surface area contributed by atoms with Crippen LogP contribution in [0.5, 0.6) is 0 Å². The molecule has 0 saturated carbocycles. The quantitative estimate of drug-likeness (QED) is 0.823. The molecular weight excluding hydrogens is 238 g/mol. The Morgan fingerprint density at radius 3 is 2.53 bits per heavy atom. The van der Waals surface area contributed by atoms with Gasteiger partial charge in [-0.25, -0.2) is 0 Å². The van der Waals surface area contributed by atoms with E-state index < -0.39 is 0 Å². The first kappa shape index (κ1) is 13.8. The molecule has 1 aromatic heterocycles. The highest BCUT2D eigenvalue weighted by Gasteiger charge is 2.24. The molecule has 0 fully saturated rings. The summed E-state index contributed by atoms with van der Waals surface area (Å²) in [5.41, 5.74) is 2.28. The molecule has 0 amide bonds. The molecule has 0 aliphatic rings. The average Bonchev–Trinajstić information content (AvgIpc) is 2.98. The van der Waals surface area contributed by atoms with Gasteiger partial charge in [0.2, 0.25) is 0 Å². The summed E-state index contributed by atoms with van der Waals surface area (Å²) in [6.07, 6.45) is 4.54. The van der Waals surface area contributed by atoms with E-state index in [0.29, 0.717) is 0 Å². The second-order valence-electron chi connectivity index (χ2n) is 4.56. The van der Waals surface area contributed by atoms with Gasteiger partial charge in [0.15, 0.2) is 0 Å². The lowest BCUT2D eigenvalue weighted by Gasteiger charge is -2.26. The van der Waals surface area contributed by atoms with Crippen LogP contribution in [0.15, 0.2) is 53.3 Å². The van der Waals surface area contributed by atoms with Gasteiger partial charge in [-0.15, -0.1) is 0 Å². The van der Waals surface area contributed by atoms with Crippen molar-refractivity contribution < 1.29 is 9.15 Å². The molecule has 0 radical (unpaired) electrons. The Morgan fingerprint density at radius 2 is 1.95 bits per heavy atom. The van der Waals surface area contributed by atoms with Crippen molar-refractivity contribution in [1.29, 1.82) is 0 Å². The average molecular weight is 259 g/mol. The van der Waals surface area contributed by atoms with Gasteiger partial charge in [-0.1, -0.05) is 37.3 Å². The lowest BCUT2D eigenvalue weighted by molar-refractivity contribution is 0.0674. The zero-order valence-electron chi connectivity index (χ0n) is 11.5. The zero-order chi connectivity index (χ0) is 13.5. The molecule has 2 unspecified atom stereocenters. The highest BCUT2D eigenvalue weighted by atomic mass is 16.5. The van der Waals surface area contributed by atoms with Gasteiger partial charge >= 0.3 is 0 Å². The topological polar surface area (TPSA) is 34.4 Å². The van der Waals surface area contributed by atoms with Crippen LogP contribution in [0.1, 0.15) is 36.6 Å². The van der Waals surface area contributed by atoms with Crippen LogP contribution in [0.3, 0.4) is 0 Å². The molecule has 0 aliphatic heterocycles. The van der Waals surface area contributed by atoms with Crippen LogP contribution in [0.2, 0.25) is 0 Å². The summed E-state index contributed by atoms with van der Waals surface area (Å²) in [4.78, 5) is 0. The summed E-state index contributed by atoms with van der Waals surface area (Å²) in [5, 5.41) is 3.54. The molecular formula is C16H21NO2. The first-order valence-corrected chi connectivity index (χ1v) is 6.70. The Labute approximate surface area is 114 Å². The predicted molar refractivity (Wildman–Crippen MR) is 75.9 cm³/mol. The third kappa shape index (κ3) is 3.46. The lowest BCUT2D eigenvalue weighted by Crippen LogP contribution is -2.28. The third-order valence-corrected chi connectivity index (χ3v) is 3.20. The molecule has 2 aromatic rings. The van der Waals surface area contributed by atoms with E-state index in [1.54, 1.807) is 19.6 Å². The summed E-state index contributed by atoms with van der Waals surface area (Å²) in [6.45, 7) is 3.10. The van der Waals surface area contributed by atoms with Crippen molar-refractivity contribution in [1.82, 2.24) is 5.32 Å². The Kier molecular flexibility index (Phi) is 5.19.